The Balaban J connectivity index is 0.00000363. The third-order valence-corrected chi connectivity index (χ3v) is 7.13. The molecule has 0 amide bonds. The molecule has 1 saturated heterocycles. The highest BCUT2D eigenvalue weighted by Gasteiger charge is 2.40. The number of halogens is 1. The normalized spacial score (nSPS) is 21.2. The maximum atomic E-state index is 12.8. The zero-order chi connectivity index (χ0) is 22.6. The van der Waals surface area contributed by atoms with Crippen molar-refractivity contribution in [1.82, 2.24) is 4.90 Å². The lowest BCUT2D eigenvalue weighted by Crippen LogP contribution is -2.47. The zero-order valence-corrected chi connectivity index (χ0v) is 22.0. The number of hydrogen-bond donors (Lipinski definition) is 0. The molecule has 1 saturated carbocycles. The van der Waals surface area contributed by atoms with Crippen LogP contribution in [0.25, 0.3) is 0 Å². The molecule has 1 aromatic carbocycles. The summed E-state index contributed by atoms with van der Waals surface area (Å²) in [4.78, 5) is 17.9. The van der Waals surface area contributed by atoms with Gasteiger partial charge in [-0.3, -0.25) is 9.69 Å². The van der Waals surface area contributed by atoms with Crippen LogP contribution >= 0.6 is 12.4 Å². The molecule has 1 aliphatic heterocycles. The fraction of sp³-hybridized carbons (Fsp3) is 0.741. The molecule has 2 aliphatic rings. The van der Waals surface area contributed by atoms with Crippen LogP contribution in [0.15, 0.2) is 18.2 Å². The minimum Gasteiger partial charge on any atom is -0.384 e. The summed E-state index contributed by atoms with van der Waals surface area (Å²) >= 11 is 0. The SMILES string of the molecule is CCCN1CCN(c2ccc(C(=O)CCOC)cc2C2CC(C)(C)CC(C)(C)C2)CC1.Cl. The molecular formula is C27H45ClN2O2. The molecule has 32 heavy (non-hydrogen) atoms. The molecule has 3 rings (SSSR count). The highest BCUT2D eigenvalue weighted by atomic mass is 35.5. The van der Waals surface area contributed by atoms with E-state index in [9.17, 15) is 4.79 Å². The largest absolute Gasteiger partial charge is 0.384 e. The van der Waals surface area contributed by atoms with Gasteiger partial charge < -0.3 is 9.64 Å². The molecule has 1 aliphatic carbocycles. The molecule has 0 aromatic heterocycles. The molecule has 1 heterocycles. The van der Waals surface area contributed by atoms with E-state index in [0.29, 0.717) is 29.8 Å². The fourth-order valence-corrected chi connectivity index (χ4v) is 6.28. The van der Waals surface area contributed by atoms with Crippen molar-refractivity contribution in [2.24, 2.45) is 10.8 Å². The maximum absolute atomic E-state index is 12.8. The Kier molecular flexibility index (Phi) is 9.63. The monoisotopic (exact) mass is 464 g/mol. The van der Waals surface area contributed by atoms with Gasteiger partial charge in [-0.1, -0.05) is 34.6 Å². The van der Waals surface area contributed by atoms with Crippen LogP contribution in [0.4, 0.5) is 5.69 Å². The van der Waals surface area contributed by atoms with Crippen LogP contribution in [0.3, 0.4) is 0 Å². The van der Waals surface area contributed by atoms with Gasteiger partial charge in [0.2, 0.25) is 0 Å². The van der Waals surface area contributed by atoms with Crippen LogP contribution in [0.5, 0.6) is 0 Å². The molecule has 182 valence electrons. The van der Waals surface area contributed by atoms with Gasteiger partial charge in [0, 0.05) is 51.0 Å². The third kappa shape index (κ3) is 6.95. The Morgan fingerprint density at radius 3 is 2.25 bits per heavy atom. The Morgan fingerprint density at radius 2 is 1.69 bits per heavy atom. The molecule has 0 atom stereocenters. The molecule has 1 aromatic rings. The van der Waals surface area contributed by atoms with Crippen LogP contribution in [-0.4, -0.2) is 57.1 Å². The standard InChI is InChI=1S/C27H44N2O2.ClH/c1-7-11-28-12-14-29(15-13-28)24-9-8-21(25(30)10-16-31-6)17-23(24)22-18-26(2,3)20-27(4,5)19-22;/h8-9,17,22H,7,10-16,18-20H2,1-6H3;1H. The summed E-state index contributed by atoms with van der Waals surface area (Å²) < 4.78 is 5.15. The second-order valence-corrected chi connectivity index (χ2v) is 11.4. The van der Waals surface area contributed by atoms with Gasteiger partial charge in [0.05, 0.1) is 6.61 Å². The van der Waals surface area contributed by atoms with E-state index in [1.54, 1.807) is 7.11 Å². The summed E-state index contributed by atoms with van der Waals surface area (Å²) in [5, 5.41) is 0. The number of carbonyl (C=O) groups excluding carboxylic acids is 1. The fourth-order valence-electron chi connectivity index (χ4n) is 6.28. The van der Waals surface area contributed by atoms with Crippen molar-refractivity contribution in [1.29, 1.82) is 0 Å². The van der Waals surface area contributed by atoms with E-state index in [4.69, 9.17) is 4.74 Å². The number of ketones is 1. The molecule has 2 fully saturated rings. The smallest absolute Gasteiger partial charge is 0.165 e. The quantitative estimate of drug-likeness (QED) is 0.430. The first-order chi connectivity index (χ1) is 14.6. The lowest BCUT2D eigenvalue weighted by atomic mass is 9.60. The molecule has 0 radical (unpaired) electrons. The van der Waals surface area contributed by atoms with Crippen LogP contribution in [0, 0.1) is 10.8 Å². The molecule has 4 nitrogen and oxygen atoms in total. The first-order valence-corrected chi connectivity index (χ1v) is 12.3. The predicted octanol–water partition coefficient (Wildman–Crippen LogP) is 6.18. The van der Waals surface area contributed by atoms with Gasteiger partial charge in [0.25, 0.3) is 0 Å². The van der Waals surface area contributed by atoms with Crippen LogP contribution in [0.2, 0.25) is 0 Å². The van der Waals surface area contributed by atoms with Crippen molar-refractivity contribution in [2.75, 3.05) is 51.3 Å². The van der Waals surface area contributed by atoms with Crippen molar-refractivity contribution >= 4 is 23.9 Å². The van der Waals surface area contributed by atoms with Crippen LogP contribution in [0.1, 0.15) is 88.6 Å². The van der Waals surface area contributed by atoms with Gasteiger partial charge in [-0.25, -0.2) is 0 Å². The summed E-state index contributed by atoms with van der Waals surface area (Å²) in [5.74, 6) is 0.689. The Bertz CT molecular complexity index is 738. The van der Waals surface area contributed by atoms with Gasteiger partial charge in [0.15, 0.2) is 5.78 Å². The number of carbonyl (C=O) groups is 1. The predicted molar refractivity (Wildman–Crippen MR) is 138 cm³/mol. The molecule has 0 bridgehead atoms. The third-order valence-electron chi connectivity index (χ3n) is 7.13. The van der Waals surface area contributed by atoms with Crippen LogP contribution < -0.4 is 4.90 Å². The van der Waals surface area contributed by atoms with Crippen molar-refractivity contribution in [3.8, 4) is 0 Å². The Hall–Kier alpha value is -1.10. The van der Waals surface area contributed by atoms with Crippen LogP contribution in [-0.2, 0) is 4.74 Å². The minimum atomic E-state index is 0. The minimum absolute atomic E-state index is 0. The summed E-state index contributed by atoms with van der Waals surface area (Å²) in [6.45, 7) is 18.0. The van der Waals surface area contributed by atoms with Gasteiger partial charge in [-0.05, 0) is 72.7 Å². The molecular weight excluding hydrogens is 420 g/mol. The first kappa shape index (κ1) is 27.1. The maximum Gasteiger partial charge on any atom is 0.165 e. The van der Waals surface area contributed by atoms with Gasteiger partial charge >= 0.3 is 0 Å². The summed E-state index contributed by atoms with van der Waals surface area (Å²) in [7, 11) is 1.66. The summed E-state index contributed by atoms with van der Waals surface area (Å²) in [5.41, 5.74) is 4.24. The van der Waals surface area contributed by atoms with E-state index in [1.807, 2.05) is 6.07 Å². The lowest BCUT2D eigenvalue weighted by molar-refractivity contribution is 0.0931. The van der Waals surface area contributed by atoms with Crippen molar-refractivity contribution in [3.63, 3.8) is 0 Å². The van der Waals surface area contributed by atoms with E-state index in [0.717, 1.165) is 31.7 Å². The number of Topliss-reactive ketones (excluding diaryl/α,β-unsaturated/α-hetero) is 1. The number of anilines is 1. The number of benzene rings is 1. The van der Waals surface area contributed by atoms with E-state index in [2.05, 4.69) is 56.6 Å². The average molecular weight is 465 g/mol. The zero-order valence-electron chi connectivity index (χ0n) is 21.2. The lowest BCUT2D eigenvalue weighted by Gasteiger charge is -2.46. The number of methoxy groups -OCH3 is 1. The van der Waals surface area contributed by atoms with E-state index in [-0.39, 0.29) is 18.2 Å². The molecule has 0 spiro atoms. The summed E-state index contributed by atoms with van der Waals surface area (Å²) in [6.07, 6.45) is 5.31. The second-order valence-electron chi connectivity index (χ2n) is 11.4. The number of piperazine rings is 1. The molecule has 0 unspecified atom stereocenters. The number of rotatable bonds is 8. The van der Waals surface area contributed by atoms with E-state index in [1.165, 1.54) is 43.5 Å². The van der Waals surface area contributed by atoms with E-state index < -0.39 is 0 Å². The second kappa shape index (κ2) is 11.4. The molecule has 0 N–H and O–H groups in total. The van der Waals surface area contributed by atoms with Crippen molar-refractivity contribution in [3.05, 3.63) is 29.3 Å². The highest BCUT2D eigenvalue weighted by molar-refractivity contribution is 5.96. The summed E-state index contributed by atoms with van der Waals surface area (Å²) in [6, 6.07) is 6.52. The van der Waals surface area contributed by atoms with Crippen molar-refractivity contribution < 1.29 is 9.53 Å². The number of nitrogens with zero attached hydrogens (tertiary/aromatic N) is 2. The Labute approximate surface area is 202 Å². The van der Waals surface area contributed by atoms with Crippen molar-refractivity contribution in [2.45, 2.75) is 72.6 Å². The highest BCUT2D eigenvalue weighted by Crippen LogP contribution is 2.53. The number of ether oxygens (including phenoxy) is 1. The van der Waals surface area contributed by atoms with Gasteiger partial charge in [-0.2, -0.15) is 0 Å². The number of hydrogen-bond acceptors (Lipinski definition) is 4. The molecule has 5 heteroatoms. The topological polar surface area (TPSA) is 32.8 Å². The van der Waals surface area contributed by atoms with Gasteiger partial charge in [0.1, 0.15) is 0 Å². The first-order valence-electron chi connectivity index (χ1n) is 12.3. The van der Waals surface area contributed by atoms with Gasteiger partial charge in [-0.15, -0.1) is 12.4 Å². The van der Waals surface area contributed by atoms with E-state index >= 15 is 0 Å². The average Bonchev–Trinajstić information content (AvgIpc) is 2.70. The Morgan fingerprint density at radius 1 is 1.06 bits per heavy atom.